The van der Waals surface area contributed by atoms with Crippen LogP contribution in [0.1, 0.15) is 25.8 Å². The van der Waals surface area contributed by atoms with Crippen molar-refractivity contribution in [2.24, 2.45) is 11.3 Å². The van der Waals surface area contributed by atoms with Gasteiger partial charge in [0.05, 0.1) is 5.02 Å². The highest BCUT2D eigenvalue weighted by molar-refractivity contribution is 6.31. The first-order valence-corrected chi connectivity index (χ1v) is 6.54. The Labute approximate surface area is 107 Å². The van der Waals surface area contributed by atoms with E-state index in [1.54, 1.807) is 6.07 Å². The van der Waals surface area contributed by atoms with Crippen LogP contribution >= 0.6 is 11.6 Å². The van der Waals surface area contributed by atoms with E-state index in [1.165, 1.54) is 6.07 Å². The highest BCUT2D eigenvalue weighted by atomic mass is 35.5. The molecule has 1 aromatic carbocycles. The van der Waals surface area contributed by atoms with E-state index >= 15 is 0 Å². The van der Waals surface area contributed by atoms with Crippen LogP contribution in [0.3, 0.4) is 0 Å². The molecule has 0 atom stereocenters. The maximum Gasteiger partial charge on any atom is 0.142 e. The van der Waals surface area contributed by atoms with E-state index in [2.05, 4.69) is 19.2 Å². The maximum absolute atomic E-state index is 13.4. The van der Waals surface area contributed by atoms with Crippen LogP contribution in [0.15, 0.2) is 18.2 Å². The molecule has 3 heteroatoms. The number of hydrogen-bond acceptors (Lipinski definition) is 1. The van der Waals surface area contributed by atoms with Crippen molar-refractivity contribution in [3.05, 3.63) is 34.6 Å². The molecule has 94 valence electrons. The number of benzene rings is 1. The maximum atomic E-state index is 13.4. The average molecular weight is 256 g/mol. The van der Waals surface area contributed by atoms with Gasteiger partial charge in [0.2, 0.25) is 0 Å². The summed E-state index contributed by atoms with van der Waals surface area (Å²) in [4.78, 5) is 0. The van der Waals surface area contributed by atoms with Crippen LogP contribution in [0.2, 0.25) is 5.02 Å². The Bertz CT molecular complexity index is 399. The summed E-state index contributed by atoms with van der Waals surface area (Å²) in [5.74, 6) is 0.348. The molecule has 1 saturated heterocycles. The molecule has 0 spiro atoms. The molecular formula is C14H19ClFN. The lowest BCUT2D eigenvalue weighted by Gasteiger charge is -2.44. The van der Waals surface area contributed by atoms with E-state index in [0.717, 1.165) is 31.5 Å². The smallest absolute Gasteiger partial charge is 0.142 e. The van der Waals surface area contributed by atoms with Gasteiger partial charge in [-0.1, -0.05) is 37.6 Å². The van der Waals surface area contributed by atoms with Gasteiger partial charge in [-0.25, -0.2) is 4.39 Å². The second-order valence-electron chi connectivity index (χ2n) is 5.59. The summed E-state index contributed by atoms with van der Waals surface area (Å²) in [7, 11) is 0. The molecule has 1 aromatic rings. The predicted octanol–water partition coefficient (Wildman–Crippen LogP) is 3.66. The van der Waals surface area contributed by atoms with Crippen molar-refractivity contribution < 1.29 is 4.39 Å². The molecule has 1 nitrogen and oxygen atoms in total. The Balaban J connectivity index is 2.16. The minimum absolute atomic E-state index is 0.269. The third-order valence-electron chi connectivity index (χ3n) is 3.44. The largest absolute Gasteiger partial charge is 0.316 e. The minimum Gasteiger partial charge on any atom is -0.316 e. The van der Waals surface area contributed by atoms with Crippen molar-refractivity contribution in [2.45, 2.75) is 26.7 Å². The molecule has 2 rings (SSSR count). The van der Waals surface area contributed by atoms with E-state index < -0.39 is 0 Å². The molecule has 17 heavy (non-hydrogen) atoms. The molecule has 1 N–H and O–H groups in total. The van der Waals surface area contributed by atoms with E-state index in [1.807, 2.05) is 6.07 Å². The fraction of sp³-hybridized carbons (Fsp3) is 0.571. The van der Waals surface area contributed by atoms with E-state index in [4.69, 9.17) is 11.6 Å². The van der Waals surface area contributed by atoms with Crippen LogP contribution in [0.5, 0.6) is 0 Å². The van der Waals surface area contributed by atoms with Crippen molar-refractivity contribution in [3.63, 3.8) is 0 Å². The number of halogens is 2. The first-order chi connectivity index (χ1) is 8.02. The Kier molecular flexibility index (Phi) is 3.74. The Morgan fingerprint density at radius 2 is 2.12 bits per heavy atom. The van der Waals surface area contributed by atoms with Crippen molar-refractivity contribution in [3.8, 4) is 0 Å². The van der Waals surface area contributed by atoms with Crippen LogP contribution in [0.25, 0.3) is 0 Å². The van der Waals surface area contributed by atoms with Crippen molar-refractivity contribution in [1.82, 2.24) is 5.32 Å². The van der Waals surface area contributed by atoms with Crippen molar-refractivity contribution in [1.29, 1.82) is 0 Å². The minimum atomic E-state index is -0.309. The zero-order valence-corrected chi connectivity index (χ0v) is 11.1. The summed E-state index contributed by atoms with van der Waals surface area (Å²) < 4.78 is 13.4. The first kappa shape index (κ1) is 12.8. The number of hydrogen-bond donors (Lipinski definition) is 1. The molecule has 0 unspecified atom stereocenters. The second-order valence-corrected chi connectivity index (χ2v) is 5.97. The second kappa shape index (κ2) is 4.95. The summed E-state index contributed by atoms with van der Waals surface area (Å²) in [5, 5.41) is 3.62. The fourth-order valence-electron chi connectivity index (χ4n) is 2.78. The van der Waals surface area contributed by atoms with Crippen LogP contribution in [0.4, 0.5) is 4.39 Å². The molecule has 0 aliphatic carbocycles. The normalized spacial score (nSPS) is 18.2. The van der Waals surface area contributed by atoms with Crippen molar-refractivity contribution >= 4 is 11.6 Å². The molecule has 0 saturated carbocycles. The fourth-order valence-corrected chi connectivity index (χ4v) is 2.97. The van der Waals surface area contributed by atoms with E-state index in [9.17, 15) is 4.39 Å². The van der Waals surface area contributed by atoms with Crippen LogP contribution in [-0.4, -0.2) is 13.1 Å². The monoisotopic (exact) mass is 255 g/mol. The van der Waals surface area contributed by atoms with Gasteiger partial charge in [-0.2, -0.15) is 0 Å². The van der Waals surface area contributed by atoms with Gasteiger partial charge in [0.25, 0.3) is 0 Å². The van der Waals surface area contributed by atoms with Gasteiger partial charge in [-0.05, 0) is 35.8 Å². The highest BCUT2D eigenvalue weighted by Gasteiger charge is 2.37. The summed E-state index contributed by atoms with van der Waals surface area (Å²) in [6.07, 6.45) is 2.03. The molecule has 0 bridgehead atoms. The third kappa shape index (κ3) is 2.80. The molecule has 1 aliphatic rings. The van der Waals surface area contributed by atoms with Crippen LogP contribution < -0.4 is 5.32 Å². The summed E-state index contributed by atoms with van der Waals surface area (Å²) in [5.41, 5.74) is 1.21. The van der Waals surface area contributed by atoms with Crippen LogP contribution in [-0.2, 0) is 6.42 Å². The molecule has 1 fully saturated rings. The Hall–Kier alpha value is -0.600. The van der Waals surface area contributed by atoms with Gasteiger partial charge in [-0.15, -0.1) is 0 Å². The van der Waals surface area contributed by atoms with Gasteiger partial charge in [-0.3, -0.25) is 0 Å². The Morgan fingerprint density at radius 3 is 2.65 bits per heavy atom. The lowest BCUT2D eigenvalue weighted by molar-refractivity contribution is 0.131. The zero-order chi connectivity index (χ0) is 12.5. The van der Waals surface area contributed by atoms with Gasteiger partial charge in [0, 0.05) is 13.1 Å². The molecule has 0 aromatic heterocycles. The van der Waals surface area contributed by atoms with Crippen molar-refractivity contribution in [2.75, 3.05) is 13.1 Å². The van der Waals surface area contributed by atoms with Crippen LogP contribution in [0, 0.1) is 17.2 Å². The number of nitrogens with one attached hydrogen (secondary N) is 1. The molecule has 0 amide bonds. The predicted molar refractivity (Wildman–Crippen MR) is 69.9 cm³/mol. The SMILES string of the molecule is CC(C)CC1(Cc2cccc(F)c2Cl)CNC1. The molecule has 0 radical (unpaired) electrons. The quantitative estimate of drug-likeness (QED) is 0.866. The molecule has 1 aliphatic heterocycles. The van der Waals surface area contributed by atoms with Gasteiger partial charge in [0.1, 0.15) is 5.82 Å². The standard InChI is InChI=1S/C14H19ClFN/c1-10(2)6-14(8-17-9-14)7-11-4-3-5-12(16)13(11)15/h3-5,10,17H,6-9H2,1-2H3. The molecule has 1 heterocycles. The van der Waals surface area contributed by atoms with E-state index in [0.29, 0.717) is 10.9 Å². The summed E-state index contributed by atoms with van der Waals surface area (Å²) >= 11 is 6.02. The summed E-state index contributed by atoms with van der Waals surface area (Å²) in [6.45, 7) is 6.48. The lowest BCUT2D eigenvalue weighted by Crippen LogP contribution is -2.55. The Morgan fingerprint density at radius 1 is 1.41 bits per heavy atom. The topological polar surface area (TPSA) is 12.0 Å². The van der Waals surface area contributed by atoms with Gasteiger partial charge in [0.15, 0.2) is 0 Å². The molecular weight excluding hydrogens is 237 g/mol. The first-order valence-electron chi connectivity index (χ1n) is 6.16. The highest BCUT2D eigenvalue weighted by Crippen LogP contribution is 2.36. The van der Waals surface area contributed by atoms with Gasteiger partial charge < -0.3 is 5.32 Å². The lowest BCUT2D eigenvalue weighted by atomic mass is 9.71. The summed E-state index contributed by atoms with van der Waals surface area (Å²) in [6, 6.07) is 5.09. The van der Waals surface area contributed by atoms with E-state index in [-0.39, 0.29) is 11.2 Å². The third-order valence-corrected chi connectivity index (χ3v) is 3.86. The average Bonchev–Trinajstić information content (AvgIpc) is 2.21. The number of rotatable bonds is 4. The zero-order valence-electron chi connectivity index (χ0n) is 10.4. The van der Waals surface area contributed by atoms with Gasteiger partial charge >= 0.3 is 0 Å².